The molecule has 8 nitrogen and oxygen atoms in total. The van der Waals surface area contributed by atoms with Gasteiger partial charge in [-0.2, -0.15) is 0 Å². The number of hydrogen-bond donors (Lipinski definition) is 3. The monoisotopic (exact) mass is 491 g/mol. The smallest absolute Gasteiger partial charge is 0.413 e. The molecule has 180 valence electrons. The van der Waals surface area contributed by atoms with Gasteiger partial charge in [0.25, 0.3) is 0 Å². The highest BCUT2D eigenvalue weighted by Gasteiger charge is 2.37. The summed E-state index contributed by atoms with van der Waals surface area (Å²) in [7, 11) is 0. The number of aryl methyl sites for hydroxylation is 1. The molecule has 1 unspecified atom stereocenters. The Bertz CT molecular complexity index is 1220. The van der Waals surface area contributed by atoms with Crippen LogP contribution >= 0.6 is 11.3 Å². The summed E-state index contributed by atoms with van der Waals surface area (Å²) in [5.41, 5.74) is 4.61. The van der Waals surface area contributed by atoms with E-state index in [1.165, 1.54) is 11.3 Å². The van der Waals surface area contributed by atoms with E-state index in [1.54, 1.807) is 6.20 Å². The summed E-state index contributed by atoms with van der Waals surface area (Å²) in [6.45, 7) is 0.212. The van der Waals surface area contributed by atoms with E-state index >= 15 is 0 Å². The molecule has 0 aliphatic heterocycles. The first-order valence-electron chi connectivity index (χ1n) is 11.6. The third-order valence-corrected chi connectivity index (χ3v) is 7.35. The fourth-order valence-electron chi connectivity index (χ4n) is 4.50. The third-order valence-electron chi connectivity index (χ3n) is 6.38. The number of anilines is 1. The second kappa shape index (κ2) is 9.87. The van der Waals surface area contributed by atoms with Crippen molar-refractivity contribution >= 4 is 34.4 Å². The van der Waals surface area contributed by atoms with Crippen molar-refractivity contribution < 1.29 is 24.2 Å². The van der Waals surface area contributed by atoms with Gasteiger partial charge in [-0.3, -0.25) is 10.1 Å². The molecule has 5 rings (SSSR count). The van der Waals surface area contributed by atoms with Crippen molar-refractivity contribution in [3.63, 3.8) is 0 Å². The number of carbonyl (C=O) groups is 3. The molecular formula is C26H25N3O5S. The van der Waals surface area contributed by atoms with Crippen molar-refractivity contribution in [3.05, 3.63) is 70.7 Å². The lowest BCUT2D eigenvalue weighted by Crippen LogP contribution is -2.42. The SMILES string of the molecule is O=C(CCc1cnc(NC(=O)OCC2c3ccccc3-c3ccccc32)s1)NC(C(=O)O)C1CC1. The molecule has 1 atom stereocenters. The molecule has 1 saturated carbocycles. The zero-order valence-electron chi connectivity index (χ0n) is 18.9. The maximum Gasteiger partial charge on any atom is 0.413 e. The summed E-state index contributed by atoms with van der Waals surface area (Å²) in [6.07, 6.45) is 3.25. The van der Waals surface area contributed by atoms with Gasteiger partial charge in [0, 0.05) is 23.4 Å². The number of hydrogen-bond acceptors (Lipinski definition) is 6. The molecular weight excluding hydrogens is 466 g/mol. The Morgan fingerprint density at radius 2 is 1.71 bits per heavy atom. The first kappa shape index (κ1) is 23.0. The Morgan fingerprint density at radius 3 is 2.34 bits per heavy atom. The number of nitrogens with zero attached hydrogens (tertiary/aromatic N) is 1. The van der Waals surface area contributed by atoms with Gasteiger partial charge in [-0.1, -0.05) is 48.5 Å². The maximum atomic E-state index is 12.4. The predicted octanol–water partition coefficient (Wildman–Crippen LogP) is 4.42. The number of carboxylic acids is 1. The number of amides is 2. The van der Waals surface area contributed by atoms with E-state index in [0.29, 0.717) is 11.6 Å². The van der Waals surface area contributed by atoms with Crippen LogP contribution in [-0.2, 0) is 20.7 Å². The molecule has 1 aromatic heterocycles. The number of carbonyl (C=O) groups excluding carboxylic acids is 2. The quantitative estimate of drug-likeness (QED) is 0.408. The van der Waals surface area contributed by atoms with Crippen LogP contribution in [0.3, 0.4) is 0 Å². The van der Waals surface area contributed by atoms with Gasteiger partial charge in [-0.15, -0.1) is 11.3 Å². The van der Waals surface area contributed by atoms with Crippen molar-refractivity contribution in [1.29, 1.82) is 0 Å². The summed E-state index contributed by atoms with van der Waals surface area (Å²) in [5.74, 6) is -1.28. The predicted molar refractivity (Wildman–Crippen MR) is 131 cm³/mol. The maximum absolute atomic E-state index is 12.4. The van der Waals surface area contributed by atoms with Crippen LogP contribution in [-0.4, -0.2) is 40.7 Å². The number of nitrogens with one attached hydrogen (secondary N) is 2. The Balaban J connectivity index is 1.12. The number of aliphatic carboxylic acids is 1. The average molecular weight is 492 g/mol. The van der Waals surface area contributed by atoms with Gasteiger partial charge in [0.1, 0.15) is 12.6 Å². The summed E-state index contributed by atoms with van der Waals surface area (Å²) in [4.78, 5) is 40.9. The lowest BCUT2D eigenvalue weighted by atomic mass is 9.98. The van der Waals surface area contributed by atoms with Crippen molar-refractivity contribution in [1.82, 2.24) is 10.3 Å². The van der Waals surface area contributed by atoms with E-state index in [2.05, 4.69) is 39.9 Å². The molecule has 0 radical (unpaired) electrons. The van der Waals surface area contributed by atoms with Crippen molar-refractivity contribution in [2.45, 2.75) is 37.6 Å². The first-order valence-corrected chi connectivity index (χ1v) is 12.4. The summed E-state index contributed by atoms with van der Waals surface area (Å²) >= 11 is 1.26. The molecule has 1 heterocycles. The van der Waals surface area contributed by atoms with Crippen LogP contribution in [0.1, 0.15) is 41.2 Å². The van der Waals surface area contributed by atoms with Crippen LogP contribution < -0.4 is 10.6 Å². The Kier molecular flexibility index (Phi) is 6.50. The number of rotatable bonds is 9. The molecule has 0 saturated heterocycles. The molecule has 2 aliphatic carbocycles. The Hall–Kier alpha value is -3.72. The van der Waals surface area contributed by atoms with Crippen LogP contribution in [0.25, 0.3) is 11.1 Å². The number of benzene rings is 2. The second-order valence-corrected chi connectivity index (χ2v) is 9.92. The second-order valence-electron chi connectivity index (χ2n) is 8.80. The summed E-state index contributed by atoms with van der Waals surface area (Å²) < 4.78 is 5.54. The number of carboxylic acid groups (broad SMARTS) is 1. The molecule has 35 heavy (non-hydrogen) atoms. The van der Waals surface area contributed by atoms with Crippen molar-refractivity contribution in [3.8, 4) is 11.1 Å². The van der Waals surface area contributed by atoms with Gasteiger partial charge >= 0.3 is 12.1 Å². The van der Waals surface area contributed by atoms with Crippen LogP contribution in [0, 0.1) is 5.92 Å². The summed E-state index contributed by atoms with van der Waals surface area (Å²) in [6, 6.07) is 15.5. The van der Waals surface area contributed by atoms with Gasteiger partial charge in [0.2, 0.25) is 5.91 Å². The largest absolute Gasteiger partial charge is 0.480 e. The number of thiazole rings is 1. The minimum atomic E-state index is -0.992. The highest BCUT2D eigenvalue weighted by atomic mass is 32.1. The molecule has 2 aromatic carbocycles. The van der Waals surface area contributed by atoms with E-state index in [4.69, 9.17) is 4.74 Å². The highest BCUT2D eigenvalue weighted by Crippen LogP contribution is 2.44. The standard InChI is InChI=1S/C26H25N3O5S/c30-22(28-23(24(31)32)15-9-10-15)12-11-16-13-27-25(35-16)29-26(33)34-14-21-19-7-3-1-5-17(19)18-6-2-4-8-20(18)21/h1-8,13,15,21,23H,9-12,14H2,(H,28,30)(H,31,32)(H,27,29,33). The van der Waals surface area contributed by atoms with Gasteiger partial charge in [0.05, 0.1) is 0 Å². The molecule has 9 heteroatoms. The average Bonchev–Trinajstić information content (AvgIpc) is 3.51. The minimum Gasteiger partial charge on any atom is -0.480 e. The fourth-order valence-corrected chi connectivity index (χ4v) is 5.29. The zero-order chi connectivity index (χ0) is 24.4. The van der Waals surface area contributed by atoms with E-state index < -0.39 is 18.1 Å². The molecule has 3 aromatic rings. The molecule has 0 spiro atoms. The van der Waals surface area contributed by atoms with Gasteiger partial charge < -0.3 is 15.2 Å². The molecule has 2 amide bonds. The normalized spacial score (nSPS) is 15.1. The van der Waals surface area contributed by atoms with Crippen LogP contribution in [0.4, 0.5) is 9.93 Å². The van der Waals surface area contributed by atoms with E-state index in [-0.39, 0.29) is 30.8 Å². The lowest BCUT2D eigenvalue weighted by Gasteiger charge is -2.14. The molecule has 1 fully saturated rings. The lowest BCUT2D eigenvalue weighted by molar-refractivity contribution is -0.142. The topological polar surface area (TPSA) is 118 Å². The van der Waals surface area contributed by atoms with E-state index in [0.717, 1.165) is 40.0 Å². The van der Waals surface area contributed by atoms with Crippen molar-refractivity contribution in [2.75, 3.05) is 11.9 Å². The van der Waals surface area contributed by atoms with Gasteiger partial charge in [0.15, 0.2) is 5.13 Å². The van der Waals surface area contributed by atoms with Crippen molar-refractivity contribution in [2.24, 2.45) is 5.92 Å². The zero-order valence-corrected chi connectivity index (χ0v) is 19.7. The molecule has 0 bridgehead atoms. The summed E-state index contributed by atoms with van der Waals surface area (Å²) in [5, 5.41) is 14.9. The van der Waals surface area contributed by atoms with Gasteiger partial charge in [-0.25, -0.2) is 14.6 Å². The number of fused-ring (bicyclic) bond motifs is 3. The first-order chi connectivity index (χ1) is 17.0. The number of ether oxygens (including phenoxy) is 1. The number of aromatic nitrogens is 1. The highest BCUT2D eigenvalue weighted by molar-refractivity contribution is 7.15. The molecule has 3 N–H and O–H groups in total. The Labute approximate surface area is 206 Å². The Morgan fingerprint density at radius 1 is 1.06 bits per heavy atom. The minimum absolute atomic E-state index is 0.0243. The van der Waals surface area contributed by atoms with Crippen LogP contribution in [0.15, 0.2) is 54.7 Å². The third kappa shape index (κ3) is 5.19. The fraction of sp³-hybridized carbons (Fsp3) is 0.308. The van der Waals surface area contributed by atoms with Crippen LogP contribution in [0.5, 0.6) is 0 Å². The van der Waals surface area contributed by atoms with Gasteiger partial charge in [-0.05, 0) is 47.4 Å². The van der Waals surface area contributed by atoms with Crippen LogP contribution in [0.2, 0.25) is 0 Å². The van der Waals surface area contributed by atoms with E-state index in [1.807, 2.05) is 24.3 Å². The molecule has 2 aliphatic rings. The van der Waals surface area contributed by atoms with E-state index in [9.17, 15) is 19.5 Å².